The second-order valence-corrected chi connectivity index (χ2v) is 4.08. The molecule has 0 bridgehead atoms. The zero-order chi connectivity index (χ0) is 14.7. The number of nitrogens with one attached hydrogen (secondary N) is 1. The summed E-state index contributed by atoms with van der Waals surface area (Å²) in [7, 11) is 0. The van der Waals surface area contributed by atoms with Gasteiger partial charge in [0.15, 0.2) is 17.5 Å². The maximum Gasteiger partial charge on any atom is 0.335 e. The lowest BCUT2D eigenvalue weighted by atomic mass is 10.1. The van der Waals surface area contributed by atoms with E-state index in [-0.39, 0.29) is 17.8 Å². The van der Waals surface area contributed by atoms with Gasteiger partial charge in [-0.15, -0.1) is 0 Å². The minimum absolute atomic E-state index is 0.0864. The van der Waals surface area contributed by atoms with Gasteiger partial charge in [0.25, 0.3) is 0 Å². The molecule has 0 radical (unpaired) electrons. The van der Waals surface area contributed by atoms with Crippen LogP contribution in [0.3, 0.4) is 0 Å². The van der Waals surface area contributed by atoms with Crippen molar-refractivity contribution in [1.29, 1.82) is 0 Å². The summed E-state index contributed by atoms with van der Waals surface area (Å²) < 4.78 is 39.2. The fourth-order valence-corrected chi connectivity index (χ4v) is 1.67. The van der Waals surface area contributed by atoms with Crippen molar-refractivity contribution < 1.29 is 23.1 Å². The molecule has 0 aromatic heterocycles. The highest BCUT2D eigenvalue weighted by Gasteiger charge is 2.13. The standard InChI is InChI=1S/C14H10F3NO2/c15-10-4-5-11(13(17)12(10)16)18-7-8-2-1-3-9(6-8)14(19)20/h1-6,18H,7H2,(H,19,20). The summed E-state index contributed by atoms with van der Waals surface area (Å²) in [6.45, 7) is 0.0864. The van der Waals surface area contributed by atoms with Crippen LogP contribution in [-0.4, -0.2) is 11.1 Å². The molecule has 0 heterocycles. The second kappa shape index (κ2) is 5.64. The lowest BCUT2D eigenvalue weighted by molar-refractivity contribution is 0.0696. The highest BCUT2D eigenvalue weighted by molar-refractivity contribution is 5.87. The van der Waals surface area contributed by atoms with Crippen LogP contribution in [0.2, 0.25) is 0 Å². The van der Waals surface area contributed by atoms with Crippen molar-refractivity contribution in [2.24, 2.45) is 0 Å². The van der Waals surface area contributed by atoms with Crippen molar-refractivity contribution in [2.45, 2.75) is 6.54 Å². The smallest absolute Gasteiger partial charge is 0.335 e. The van der Waals surface area contributed by atoms with E-state index in [9.17, 15) is 18.0 Å². The molecule has 0 amide bonds. The fraction of sp³-hybridized carbons (Fsp3) is 0.0714. The van der Waals surface area contributed by atoms with E-state index in [0.29, 0.717) is 5.56 Å². The van der Waals surface area contributed by atoms with Gasteiger partial charge in [0.1, 0.15) is 0 Å². The monoisotopic (exact) mass is 281 g/mol. The topological polar surface area (TPSA) is 49.3 Å². The Morgan fingerprint density at radius 2 is 1.85 bits per heavy atom. The summed E-state index contributed by atoms with van der Waals surface area (Å²) in [6, 6.07) is 7.90. The van der Waals surface area contributed by atoms with Gasteiger partial charge in [-0.25, -0.2) is 18.0 Å². The van der Waals surface area contributed by atoms with Crippen molar-refractivity contribution in [1.82, 2.24) is 0 Å². The average molecular weight is 281 g/mol. The number of carboxylic acids is 1. The third kappa shape index (κ3) is 2.90. The van der Waals surface area contributed by atoms with E-state index in [1.807, 2.05) is 0 Å². The Labute approximate surface area is 112 Å². The van der Waals surface area contributed by atoms with Gasteiger partial charge in [-0.2, -0.15) is 0 Å². The van der Waals surface area contributed by atoms with Crippen LogP contribution in [0.4, 0.5) is 18.9 Å². The van der Waals surface area contributed by atoms with Crippen molar-refractivity contribution in [3.05, 3.63) is 65.0 Å². The van der Waals surface area contributed by atoms with Crippen LogP contribution in [-0.2, 0) is 6.54 Å². The Morgan fingerprint density at radius 1 is 1.10 bits per heavy atom. The maximum absolute atomic E-state index is 13.4. The number of hydrogen-bond acceptors (Lipinski definition) is 2. The largest absolute Gasteiger partial charge is 0.478 e. The molecule has 0 aliphatic heterocycles. The Morgan fingerprint density at radius 3 is 2.55 bits per heavy atom. The zero-order valence-corrected chi connectivity index (χ0v) is 10.2. The number of rotatable bonds is 4. The number of hydrogen-bond donors (Lipinski definition) is 2. The Hall–Kier alpha value is -2.50. The lowest BCUT2D eigenvalue weighted by Gasteiger charge is -2.09. The predicted octanol–water partition coefficient (Wildman–Crippen LogP) is 3.41. The van der Waals surface area contributed by atoms with E-state index < -0.39 is 23.4 Å². The molecule has 0 aliphatic carbocycles. The van der Waals surface area contributed by atoms with Gasteiger partial charge >= 0.3 is 5.97 Å². The summed E-state index contributed by atoms with van der Waals surface area (Å²) in [5.74, 6) is -5.19. The van der Waals surface area contributed by atoms with E-state index >= 15 is 0 Å². The van der Waals surface area contributed by atoms with Crippen LogP contribution in [0.15, 0.2) is 36.4 Å². The van der Waals surface area contributed by atoms with Gasteiger partial charge in [0.05, 0.1) is 11.3 Å². The summed E-state index contributed by atoms with van der Waals surface area (Å²) >= 11 is 0. The van der Waals surface area contributed by atoms with Crippen LogP contribution in [0.25, 0.3) is 0 Å². The van der Waals surface area contributed by atoms with Crippen LogP contribution in [0, 0.1) is 17.5 Å². The predicted molar refractivity (Wildman–Crippen MR) is 67.0 cm³/mol. The summed E-state index contributed by atoms with van der Waals surface area (Å²) in [5, 5.41) is 11.4. The van der Waals surface area contributed by atoms with E-state index in [1.165, 1.54) is 12.1 Å². The molecule has 3 nitrogen and oxygen atoms in total. The first-order chi connectivity index (χ1) is 9.49. The molecule has 0 saturated heterocycles. The Bertz CT molecular complexity index is 659. The molecule has 2 aromatic rings. The van der Waals surface area contributed by atoms with E-state index in [0.717, 1.165) is 12.1 Å². The molecule has 104 valence electrons. The number of carbonyl (C=O) groups is 1. The zero-order valence-electron chi connectivity index (χ0n) is 10.2. The highest BCUT2D eigenvalue weighted by atomic mass is 19.2. The molecule has 20 heavy (non-hydrogen) atoms. The Kier molecular flexibility index (Phi) is 3.93. The molecule has 2 aromatic carbocycles. The third-order valence-electron chi connectivity index (χ3n) is 2.69. The minimum atomic E-state index is -1.55. The molecule has 0 unspecified atom stereocenters. The number of carboxylic acid groups (broad SMARTS) is 1. The van der Waals surface area contributed by atoms with Crippen LogP contribution < -0.4 is 5.32 Å². The molecular formula is C14H10F3NO2. The van der Waals surface area contributed by atoms with Crippen molar-refractivity contribution in [3.8, 4) is 0 Å². The normalized spacial score (nSPS) is 10.3. The molecule has 0 fully saturated rings. The molecule has 0 aliphatic rings. The highest BCUT2D eigenvalue weighted by Crippen LogP contribution is 2.20. The van der Waals surface area contributed by atoms with Crippen LogP contribution in [0.5, 0.6) is 0 Å². The van der Waals surface area contributed by atoms with Crippen molar-refractivity contribution in [3.63, 3.8) is 0 Å². The molecule has 0 saturated carbocycles. The molecule has 6 heteroatoms. The first-order valence-electron chi connectivity index (χ1n) is 5.68. The number of halogens is 3. The average Bonchev–Trinajstić information content (AvgIpc) is 2.44. The second-order valence-electron chi connectivity index (χ2n) is 4.08. The molecular weight excluding hydrogens is 271 g/mol. The number of benzene rings is 2. The first-order valence-corrected chi connectivity index (χ1v) is 5.68. The van der Waals surface area contributed by atoms with Crippen LogP contribution >= 0.6 is 0 Å². The molecule has 0 spiro atoms. The fourth-order valence-electron chi connectivity index (χ4n) is 1.67. The van der Waals surface area contributed by atoms with Gasteiger partial charge in [-0.1, -0.05) is 12.1 Å². The molecule has 2 N–H and O–H groups in total. The lowest BCUT2D eigenvalue weighted by Crippen LogP contribution is -2.05. The van der Waals surface area contributed by atoms with Gasteiger partial charge in [0, 0.05) is 6.54 Å². The maximum atomic E-state index is 13.4. The first kappa shape index (κ1) is 13.9. The van der Waals surface area contributed by atoms with Crippen LogP contribution in [0.1, 0.15) is 15.9 Å². The van der Waals surface area contributed by atoms with Gasteiger partial charge in [0.2, 0.25) is 0 Å². The van der Waals surface area contributed by atoms with Gasteiger partial charge in [-0.05, 0) is 29.8 Å². The minimum Gasteiger partial charge on any atom is -0.478 e. The summed E-state index contributed by atoms with van der Waals surface area (Å²) in [6.07, 6.45) is 0. The van der Waals surface area contributed by atoms with Crippen molar-refractivity contribution >= 4 is 11.7 Å². The number of aromatic carboxylic acids is 1. The van der Waals surface area contributed by atoms with E-state index in [1.54, 1.807) is 12.1 Å². The number of anilines is 1. The SMILES string of the molecule is O=C(O)c1cccc(CNc2ccc(F)c(F)c2F)c1. The van der Waals surface area contributed by atoms with Gasteiger partial charge < -0.3 is 10.4 Å². The van der Waals surface area contributed by atoms with Crippen molar-refractivity contribution in [2.75, 3.05) is 5.32 Å². The van der Waals surface area contributed by atoms with E-state index in [2.05, 4.69) is 5.32 Å². The quantitative estimate of drug-likeness (QED) is 0.844. The third-order valence-corrected chi connectivity index (χ3v) is 2.69. The van der Waals surface area contributed by atoms with E-state index in [4.69, 9.17) is 5.11 Å². The molecule has 2 rings (SSSR count). The summed E-state index contributed by atoms with van der Waals surface area (Å²) in [5.41, 5.74) is 0.480. The Balaban J connectivity index is 2.15. The summed E-state index contributed by atoms with van der Waals surface area (Å²) in [4.78, 5) is 10.8. The van der Waals surface area contributed by atoms with Gasteiger partial charge in [-0.3, -0.25) is 0 Å². The molecule has 0 atom stereocenters.